The van der Waals surface area contributed by atoms with Gasteiger partial charge < -0.3 is 10.6 Å². The Bertz CT molecular complexity index is 807. The summed E-state index contributed by atoms with van der Waals surface area (Å²) in [7, 11) is 2.01. The van der Waals surface area contributed by atoms with Crippen LogP contribution in [-0.2, 0) is 16.1 Å². The zero-order chi connectivity index (χ0) is 20.3. The summed E-state index contributed by atoms with van der Waals surface area (Å²) in [6, 6.07) is 4.30. The first-order valence-electron chi connectivity index (χ1n) is 9.65. The van der Waals surface area contributed by atoms with E-state index in [9.17, 15) is 19.2 Å². The van der Waals surface area contributed by atoms with Crippen LogP contribution < -0.4 is 11.1 Å². The minimum Gasteiger partial charge on any atom is -0.330 e. The van der Waals surface area contributed by atoms with E-state index in [1.165, 1.54) is 0 Å². The van der Waals surface area contributed by atoms with Gasteiger partial charge in [0.25, 0.3) is 11.8 Å². The van der Waals surface area contributed by atoms with Crippen molar-refractivity contribution < 1.29 is 19.2 Å². The van der Waals surface area contributed by atoms with E-state index in [4.69, 9.17) is 5.73 Å². The quantitative estimate of drug-likeness (QED) is 0.501. The molecule has 0 aliphatic carbocycles. The van der Waals surface area contributed by atoms with Gasteiger partial charge in [0, 0.05) is 13.0 Å². The maximum absolute atomic E-state index is 12.8. The molecule has 2 heterocycles. The fourth-order valence-corrected chi connectivity index (χ4v) is 3.71. The standard InChI is InChI=1S/C20H26N4O4/c1-23(10-4-2-3-9-21)12-13-5-6-14-15(11-13)20(28)24(19(14)27)16-7-8-17(25)22-18(16)26/h5-6,11,16H,2-4,7-10,12,21H2,1H3,(H,22,25,26). The third kappa shape index (κ3) is 4.13. The zero-order valence-electron chi connectivity index (χ0n) is 16.1. The van der Waals surface area contributed by atoms with E-state index in [0.29, 0.717) is 24.2 Å². The highest BCUT2D eigenvalue weighted by Gasteiger charge is 2.44. The predicted octanol–water partition coefficient (Wildman–Crippen LogP) is 0.649. The number of fused-ring (bicyclic) bond motifs is 1. The average Bonchev–Trinajstić information content (AvgIpc) is 2.90. The fourth-order valence-electron chi connectivity index (χ4n) is 3.71. The van der Waals surface area contributed by atoms with Crippen LogP contribution in [0.1, 0.15) is 58.4 Å². The number of nitrogens with zero attached hydrogens (tertiary/aromatic N) is 2. The van der Waals surface area contributed by atoms with Gasteiger partial charge >= 0.3 is 0 Å². The molecule has 1 unspecified atom stereocenters. The number of rotatable bonds is 8. The second kappa shape index (κ2) is 8.62. The molecule has 0 bridgehead atoms. The molecule has 1 saturated heterocycles. The lowest BCUT2D eigenvalue weighted by atomic mass is 10.0. The van der Waals surface area contributed by atoms with Crippen molar-refractivity contribution in [3.8, 4) is 0 Å². The second-order valence-electron chi connectivity index (χ2n) is 7.41. The molecular weight excluding hydrogens is 360 g/mol. The van der Waals surface area contributed by atoms with Crippen molar-refractivity contribution in [1.82, 2.24) is 15.1 Å². The molecule has 8 nitrogen and oxygen atoms in total. The molecule has 8 heteroatoms. The van der Waals surface area contributed by atoms with Crippen LogP contribution in [0, 0.1) is 0 Å². The van der Waals surface area contributed by atoms with E-state index in [0.717, 1.165) is 36.3 Å². The molecule has 1 atom stereocenters. The lowest BCUT2D eigenvalue weighted by Crippen LogP contribution is -2.54. The van der Waals surface area contributed by atoms with Crippen LogP contribution in [-0.4, -0.2) is 59.6 Å². The molecule has 0 radical (unpaired) electrons. The molecule has 1 fully saturated rings. The first-order valence-corrected chi connectivity index (χ1v) is 9.65. The van der Waals surface area contributed by atoms with Crippen LogP contribution in [0.5, 0.6) is 0 Å². The maximum atomic E-state index is 12.8. The number of nitrogens with one attached hydrogen (secondary N) is 1. The Balaban J connectivity index is 1.69. The monoisotopic (exact) mass is 386 g/mol. The molecule has 1 aromatic carbocycles. The van der Waals surface area contributed by atoms with E-state index in [1.807, 2.05) is 13.1 Å². The lowest BCUT2D eigenvalue weighted by Gasteiger charge is -2.27. The molecule has 3 N–H and O–H groups in total. The molecule has 1 aromatic rings. The minimum absolute atomic E-state index is 0.115. The highest BCUT2D eigenvalue weighted by Crippen LogP contribution is 2.28. The van der Waals surface area contributed by atoms with Gasteiger partial charge in [-0.05, 0) is 57.1 Å². The SMILES string of the molecule is CN(CCCCCN)Cc1ccc2c(c1)C(=O)N(C1CCC(=O)NC1=O)C2=O. The molecular formula is C20H26N4O4. The predicted molar refractivity (Wildman–Crippen MR) is 102 cm³/mol. The van der Waals surface area contributed by atoms with Gasteiger partial charge in [-0.1, -0.05) is 12.5 Å². The number of carbonyl (C=O) groups excluding carboxylic acids is 4. The Kier molecular flexibility index (Phi) is 6.21. The van der Waals surface area contributed by atoms with Crippen LogP contribution in [0.25, 0.3) is 0 Å². The Morgan fingerprint density at radius 3 is 2.57 bits per heavy atom. The molecule has 150 valence electrons. The minimum atomic E-state index is -0.932. The van der Waals surface area contributed by atoms with Crippen molar-refractivity contribution in [3.05, 3.63) is 34.9 Å². The molecule has 0 spiro atoms. The normalized spacial score (nSPS) is 19.4. The number of nitrogens with two attached hydrogens (primary N) is 1. The number of benzene rings is 1. The molecule has 4 amide bonds. The van der Waals surface area contributed by atoms with Gasteiger partial charge in [-0.15, -0.1) is 0 Å². The number of hydrogen-bond donors (Lipinski definition) is 2. The largest absolute Gasteiger partial charge is 0.330 e. The van der Waals surface area contributed by atoms with Crippen molar-refractivity contribution in [2.45, 2.75) is 44.7 Å². The van der Waals surface area contributed by atoms with Gasteiger partial charge in [0.15, 0.2) is 0 Å². The number of carbonyl (C=O) groups is 4. The fraction of sp³-hybridized carbons (Fsp3) is 0.500. The van der Waals surface area contributed by atoms with Gasteiger partial charge in [-0.2, -0.15) is 0 Å². The summed E-state index contributed by atoms with van der Waals surface area (Å²) in [5.41, 5.74) is 7.08. The van der Waals surface area contributed by atoms with Gasteiger partial charge in [-0.3, -0.25) is 29.4 Å². The molecule has 3 rings (SSSR count). The Hall–Kier alpha value is -2.58. The van der Waals surface area contributed by atoms with Gasteiger partial charge in [-0.25, -0.2) is 0 Å². The highest BCUT2D eigenvalue weighted by molar-refractivity contribution is 6.23. The first-order chi connectivity index (χ1) is 13.4. The molecule has 0 aromatic heterocycles. The maximum Gasteiger partial charge on any atom is 0.262 e. The summed E-state index contributed by atoms with van der Waals surface area (Å²) in [4.78, 5) is 52.1. The molecule has 2 aliphatic rings. The summed E-state index contributed by atoms with van der Waals surface area (Å²) in [6.45, 7) is 2.29. The second-order valence-corrected chi connectivity index (χ2v) is 7.41. The van der Waals surface area contributed by atoms with Crippen LogP contribution in [0.15, 0.2) is 18.2 Å². The van der Waals surface area contributed by atoms with Crippen LogP contribution >= 0.6 is 0 Å². The van der Waals surface area contributed by atoms with Gasteiger partial charge in [0.1, 0.15) is 6.04 Å². The summed E-state index contributed by atoms with van der Waals surface area (Å²) < 4.78 is 0. The molecule has 28 heavy (non-hydrogen) atoms. The van der Waals surface area contributed by atoms with Crippen LogP contribution in [0.4, 0.5) is 0 Å². The van der Waals surface area contributed by atoms with E-state index in [2.05, 4.69) is 10.2 Å². The summed E-state index contributed by atoms with van der Waals surface area (Å²) in [5.74, 6) is -1.92. The van der Waals surface area contributed by atoms with Gasteiger partial charge in [0.05, 0.1) is 11.1 Å². The van der Waals surface area contributed by atoms with Crippen LogP contribution in [0.2, 0.25) is 0 Å². The van der Waals surface area contributed by atoms with Crippen molar-refractivity contribution in [2.24, 2.45) is 5.73 Å². The highest BCUT2D eigenvalue weighted by atomic mass is 16.2. The number of amides is 4. The van der Waals surface area contributed by atoms with E-state index >= 15 is 0 Å². The van der Waals surface area contributed by atoms with Crippen molar-refractivity contribution >= 4 is 23.6 Å². The van der Waals surface area contributed by atoms with Crippen molar-refractivity contribution in [2.75, 3.05) is 20.1 Å². The van der Waals surface area contributed by atoms with E-state index in [1.54, 1.807) is 12.1 Å². The lowest BCUT2D eigenvalue weighted by molar-refractivity contribution is -0.136. The Morgan fingerprint density at radius 2 is 1.86 bits per heavy atom. The summed E-state index contributed by atoms with van der Waals surface area (Å²) in [6.07, 6.45) is 3.43. The summed E-state index contributed by atoms with van der Waals surface area (Å²) >= 11 is 0. The average molecular weight is 386 g/mol. The smallest absolute Gasteiger partial charge is 0.262 e. The number of imide groups is 2. The van der Waals surface area contributed by atoms with Crippen molar-refractivity contribution in [1.29, 1.82) is 0 Å². The molecule has 0 saturated carbocycles. The first kappa shape index (κ1) is 20.2. The summed E-state index contributed by atoms with van der Waals surface area (Å²) in [5, 5.41) is 2.20. The van der Waals surface area contributed by atoms with E-state index < -0.39 is 23.8 Å². The van der Waals surface area contributed by atoms with Crippen molar-refractivity contribution in [3.63, 3.8) is 0 Å². The number of unbranched alkanes of at least 4 members (excludes halogenated alkanes) is 2. The van der Waals surface area contributed by atoms with Gasteiger partial charge in [0.2, 0.25) is 11.8 Å². The molecule has 2 aliphatic heterocycles. The number of piperidine rings is 1. The number of hydrogen-bond acceptors (Lipinski definition) is 6. The topological polar surface area (TPSA) is 113 Å². The van der Waals surface area contributed by atoms with E-state index in [-0.39, 0.29) is 18.7 Å². The third-order valence-electron chi connectivity index (χ3n) is 5.20. The third-order valence-corrected chi connectivity index (χ3v) is 5.20. The Labute approximate surface area is 164 Å². The zero-order valence-corrected chi connectivity index (χ0v) is 16.1. The van der Waals surface area contributed by atoms with Crippen LogP contribution in [0.3, 0.4) is 0 Å². The Morgan fingerprint density at radius 1 is 1.11 bits per heavy atom.